The van der Waals surface area contributed by atoms with Gasteiger partial charge in [0.1, 0.15) is 0 Å². The molecule has 0 aromatic heterocycles. The molecule has 0 unspecified atom stereocenters. The van der Waals surface area contributed by atoms with Crippen LogP contribution in [0.5, 0.6) is 0 Å². The van der Waals surface area contributed by atoms with Crippen molar-refractivity contribution in [1.82, 2.24) is 0 Å². The van der Waals surface area contributed by atoms with E-state index in [4.69, 9.17) is 0 Å². The minimum atomic E-state index is 0. The molecule has 0 nitrogen and oxygen atoms in total. The molecule has 0 aliphatic heterocycles. The number of fused-ring (bicyclic) bond motifs is 2. The van der Waals surface area contributed by atoms with Gasteiger partial charge in [0.25, 0.3) is 0 Å². The van der Waals surface area contributed by atoms with Gasteiger partial charge in [0.2, 0.25) is 0 Å². The van der Waals surface area contributed by atoms with Gasteiger partial charge < -0.3 is 39.7 Å². The van der Waals surface area contributed by atoms with E-state index in [0.717, 1.165) is 0 Å². The Hall–Kier alpha value is -0.877. The van der Waals surface area contributed by atoms with Crippen molar-refractivity contribution in [3.05, 3.63) is 98.8 Å². The first-order valence-corrected chi connectivity index (χ1v) is 6.96. The van der Waals surface area contributed by atoms with Gasteiger partial charge in [-0.05, 0) is 0 Å². The third kappa shape index (κ3) is 7.49. The smallest absolute Gasteiger partial charge is 1.00 e. The molecule has 0 spiro atoms. The molecule has 0 radical (unpaired) electrons. The second kappa shape index (κ2) is 13.3. The average Bonchev–Trinajstić information content (AvgIpc) is 2.99. The van der Waals surface area contributed by atoms with Crippen molar-refractivity contribution in [2.75, 3.05) is 0 Å². The van der Waals surface area contributed by atoms with E-state index in [1.807, 2.05) is 0 Å². The van der Waals surface area contributed by atoms with E-state index in [2.05, 4.69) is 86.6 Å². The summed E-state index contributed by atoms with van der Waals surface area (Å²) in [5.74, 6) is 0. The minimum absolute atomic E-state index is 0. The van der Waals surface area contributed by atoms with Crippen LogP contribution < -0.4 is 24.8 Å². The zero-order valence-corrected chi connectivity index (χ0v) is 19.2. The van der Waals surface area contributed by atoms with Gasteiger partial charge in [-0.15, -0.1) is 81.2 Å². The summed E-state index contributed by atoms with van der Waals surface area (Å²) in [5, 5.41) is 5.39. The SMILES string of the molecule is Cc1cc2ccccc2[cH-]1.Cc1cc2ccccc2[cH-]1.[CH3-].[CH3-].[Cl-].[Cl-].[Zr+4]. The van der Waals surface area contributed by atoms with Gasteiger partial charge in [-0.25, -0.2) is 0 Å². The fraction of sp³-hybridized carbons (Fsp3) is 0.0909. The molecule has 25 heavy (non-hydrogen) atoms. The van der Waals surface area contributed by atoms with Crippen molar-refractivity contribution >= 4 is 21.5 Å². The number of hydrogen-bond donors (Lipinski definition) is 0. The van der Waals surface area contributed by atoms with E-state index >= 15 is 0 Å². The van der Waals surface area contributed by atoms with E-state index in [1.54, 1.807) is 0 Å². The summed E-state index contributed by atoms with van der Waals surface area (Å²) in [7, 11) is 0. The Morgan fingerprint density at radius 1 is 0.600 bits per heavy atom. The molecular weight excluding hydrogens is 426 g/mol. The maximum atomic E-state index is 2.20. The molecule has 132 valence electrons. The molecule has 0 atom stereocenters. The molecule has 0 aliphatic rings. The number of rotatable bonds is 0. The zero-order valence-electron chi connectivity index (χ0n) is 15.2. The second-order valence-electron chi connectivity index (χ2n) is 5.32. The molecule has 0 N–H and O–H groups in total. The van der Waals surface area contributed by atoms with Crippen molar-refractivity contribution in [1.29, 1.82) is 0 Å². The van der Waals surface area contributed by atoms with Crippen molar-refractivity contribution < 1.29 is 51.0 Å². The Kier molecular flexibility index (Phi) is 15.4. The van der Waals surface area contributed by atoms with Crippen LogP contribution in [0, 0.1) is 28.7 Å². The summed E-state index contributed by atoms with van der Waals surface area (Å²) in [6, 6.07) is 25.7. The van der Waals surface area contributed by atoms with Crippen molar-refractivity contribution in [2.45, 2.75) is 13.8 Å². The largest absolute Gasteiger partial charge is 4.00 e. The summed E-state index contributed by atoms with van der Waals surface area (Å²) in [5.41, 5.74) is 2.70. The predicted octanol–water partition coefficient (Wildman–Crippen LogP) is 0.640. The molecule has 3 heteroatoms. The van der Waals surface area contributed by atoms with Gasteiger partial charge >= 0.3 is 26.2 Å². The van der Waals surface area contributed by atoms with Gasteiger partial charge in [-0.2, -0.15) is 12.1 Å². The van der Waals surface area contributed by atoms with Gasteiger partial charge in [0.05, 0.1) is 0 Å². The summed E-state index contributed by atoms with van der Waals surface area (Å²) < 4.78 is 0. The average molecular weight is 451 g/mol. The Balaban J connectivity index is -0.000000323. The van der Waals surface area contributed by atoms with Crippen molar-refractivity contribution in [3.8, 4) is 0 Å². The first kappa shape index (κ1) is 28.9. The van der Waals surface area contributed by atoms with Crippen LogP contribution in [0.2, 0.25) is 0 Å². The number of benzene rings is 2. The molecule has 4 rings (SSSR count). The molecule has 0 amide bonds. The summed E-state index contributed by atoms with van der Waals surface area (Å²) in [6.07, 6.45) is 0. The van der Waals surface area contributed by atoms with Crippen LogP contribution in [-0.4, -0.2) is 0 Å². The monoisotopic (exact) mass is 448 g/mol. The maximum Gasteiger partial charge on any atom is 4.00 e. The van der Waals surface area contributed by atoms with Gasteiger partial charge in [0.15, 0.2) is 0 Å². The predicted molar refractivity (Wildman–Crippen MR) is 101 cm³/mol. The fourth-order valence-electron chi connectivity index (χ4n) is 2.61. The quantitative estimate of drug-likeness (QED) is 0.345. The van der Waals surface area contributed by atoms with E-state index in [1.165, 1.54) is 32.7 Å². The van der Waals surface area contributed by atoms with Crippen LogP contribution >= 0.6 is 0 Å². The zero-order chi connectivity index (χ0) is 13.9. The number of hydrogen-bond acceptors (Lipinski definition) is 0. The van der Waals surface area contributed by atoms with Crippen LogP contribution in [0.25, 0.3) is 21.5 Å². The van der Waals surface area contributed by atoms with Crippen molar-refractivity contribution in [3.63, 3.8) is 0 Å². The van der Waals surface area contributed by atoms with E-state index in [-0.39, 0.29) is 65.9 Å². The Bertz CT molecular complexity index is 705. The van der Waals surface area contributed by atoms with Crippen molar-refractivity contribution in [2.24, 2.45) is 0 Å². The van der Waals surface area contributed by atoms with Crippen LogP contribution in [0.4, 0.5) is 0 Å². The Morgan fingerprint density at radius 2 is 0.920 bits per heavy atom. The van der Waals surface area contributed by atoms with E-state index < -0.39 is 0 Å². The fourth-order valence-corrected chi connectivity index (χ4v) is 2.61. The van der Waals surface area contributed by atoms with Crippen LogP contribution in [-0.2, 0) is 26.2 Å². The molecule has 0 saturated carbocycles. The first-order valence-electron chi connectivity index (χ1n) is 6.96. The molecular formula is C22H24Cl2Zr-2. The Morgan fingerprint density at radius 3 is 1.24 bits per heavy atom. The summed E-state index contributed by atoms with van der Waals surface area (Å²) >= 11 is 0. The number of aryl methyl sites for hydroxylation is 2. The molecule has 0 heterocycles. The van der Waals surface area contributed by atoms with E-state index in [0.29, 0.717) is 0 Å². The van der Waals surface area contributed by atoms with Gasteiger partial charge in [-0.3, -0.25) is 0 Å². The minimum Gasteiger partial charge on any atom is -1.00 e. The summed E-state index contributed by atoms with van der Waals surface area (Å²) in [6.45, 7) is 4.25. The topological polar surface area (TPSA) is 0 Å². The third-order valence-electron chi connectivity index (χ3n) is 3.52. The molecule has 0 bridgehead atoms. The van der Waals surface area contributed by atoms with E-state index in [9.17, 15) is 0 Å². The van der Waals surface area contributed by atoms with Crippen LogP contribution in [0.15, 0.2) is 72.8 Å². The standard InChI is InChI=1S/2C10H9.2CH3.2ClH.Zr/c2*1-8-6-9-4-2-3-5-10(9)7-8;;;;;/h2*2-7H,1H3;2*1H3;2*1H;/q4*-1;;;+4/p-2. The second-order valence-corrected chi connectivity index (χ2v) is 5.32. The van der Waals surface area contributed by atoms with Crippen LogP contribution in [0.3, 0.4) is 0 Å². The van der Waals surface area contributed by atoms with Crippen LogP contribution in [0.1, 0.15) is 11.1 Å². The molecule has 0 fully saturated rings. The normalized spacial score (nSPS) is 8.40. The molecule has 4 aromatic carbocycles. The molecule has 0 saturated heterocycles. The van der Waals surface area contributed by atoms with Gasteiger partial charge in [0, 0.05) is 0 Å². The first-order chi connectivity index (χ1) is 9.72. The van der Waals surface area contributed by atoms with Gasteiger partial charge in [-0.1, -0.05) is 26.0 Å². The number of halogens is 2. The summed E-state index contributed by atoms with van der Waals surface area (Å²) in [4.78, 5) is 0. The maximum absolute atomic E-state index is 2.20. The third-order valence-corrected chi connectivity index (χ3v) is 3.52. The molecule has 4 aromatic rings. The Labute approximate surface area is 184 Å². The molecule has 0 aliphatic carbocycles.